The fraction of sp³-hybridized carbons (Fsp3) is 0.320. The van der Waals surface area contributed by atoms with E-state index in [9.17, 15) is 14.7 Å². The van der Waals surface area contributed by atoms with Crippen LogP contribution in [0.3, 0.4) is 0 Å². The molecule has 34 heavy (non-hydrogen) atoms. The summed E-state index contributed by atoms with van der Waals surface area (Å²) in [6, 6.07) is 10.2. The van der Waals surface area contributed by atoms with Gasteiger partial charge in [0, 0.05) is 23.6 Å². The van der Waals surface area contributed by atoms with Crippen LogP contribution in [0.4, 0.5) is 0 Å². The summed E-state index contributed by atoms with van der Waals surface area (Å²) in [5.41, 5.74) is 2.51. The Labute approximate surface area is 197 Å². The number of nitrogens with zero attached hydrogens (tertiary/aromatic N) is 2. The fourth-order valence-electron chi connectivity index (χ4n) is 3.71. The number of hydrazone groups is 1. The van der Waals surface area contributed by atoms with Gasteiger partial charge in [-0.15, -0.1) is 0 Å². The second-order valence-electron chi connectivity index (χ2n) is 7.55. The maximum Gasteiger partial charge on any atom is 0.280 e. The Hall–Kier alpha value is -4.01. The summed E-state index contributed by atoms with van der Waals surface area (Å²) in [5.74, 6) is 0.197. The first-order chi connectivity index (χ1) is 16.5. The van der Waals surface area contributed by atoms with Crippen molar-refractivity contribution in [1.82, 2.24) is 9.99 Å². The molecular formula is C25H29N3O6. The zero-order valence-electron chi connectivity index (χ0n) is 19.8. The van der Waals surface area contributed by atoms with Gasteiger partial charge in [0.15, 0.2) is 11.5 Å². The van der Waals surface area contributed by atoms with Gasteiger partial charge in [0.05, 0.1) is 33.1 Å². The number of aryl methyl sites for hydroxylation is 1. The highest BCUT2D eigenvalue weighted by Gasteiger charge is 2.22. The summed E-state index contributed by atoms with van der Waals surface area (Å²) in [7, 11) is 4.50. The van der Waals surface area contributed by atoms with Gasteiger partial charge in [-0.3, -0.25) is 9.59 Å². The number of fused-ring (bicyclic) bond motifs is 1. The van der Waals surface area contributed by atoms with E-state index in [2.05, 4.69) is 17.5 Å². The van der Waals surface area contributed by atoms with Crippen LogP contribution in [0.2, 0.25) is 0 Å². The number of pyridine rings is 1. The van der Waals surface area contributed by atoms with Crippen LogP contribution in [0.25, 0.3) is 10.9 Å². The number of hydrogen-bond donors (Lipinski definition) is 2. The van der Waals surface area contributed by atoms with E-state index in [4.69, 9.17) is 14.2 Å². The first-order valence-corrected chi connectivity index (χ1v) is 10.9. The van der Waals surface area contributed by atoms with Crippen molar-refractivity contribution in [1.29, 1.82) is 0 Å². The van der Waals surface area contributed by atoms with Crippen LogP contribution in [0, 0.1) is 0 Å². The minimum absolute atomic E-state index is 0.355. The Bertz CT molecular complexity index is 1270. The number of para-hydroxylation sites is 1. The number of aromatic nitrogens is 1. The summed E-state index contributed by atoms with van der Waals surface area (Å²) >= 11 is 0. The van der Waals surface area contributed by atoms with Gasteiger partial charge in [-0.1, -0.05) is 31.9 Å². The van der Waals surface area contributed by atoms with Crippen LogP contribution in [0.1, 0.15) is 42.1 Å². The number of rotatable bonds is 10. The molecule has 1 aromatic heterocycles. The second-order valence-corrected chi connectivity index (χ2v) is 7.55. The summed E-state index contributed by atoms with van der Waals surface area (Å²) in [6.07, 6.45) is 4.08. The summed E-state index contributed by atoms with van der Waals surface area (Å²) in [6.45, 7) is 2.52. The van der Waals surface area contributed by atoms with Crippen LogP contribution in [-0.2, 0) is 6.54 Å². The molecule has 0 fully saturated rings. The van der Waals surface area contributed by atoms with Crippen molar-refractivity contribution in [2.24, 2.45) is 5.10 Å². The predicted octanol–water partition coefficient (Wildman–Crippen LogP) is 3.69. The van der Waals surface area contributed by atoms with Crippen LogP contribution < -0.4 is 25.2 Å². The molecule has 0 aliphatic heterocycles. The van der Waals surface area contributed by atoms with E-state index in [0.717, 1.165) is 19.3 Å². The van der Waals surface area contributed by atoms with Crippen molar-refractivity contribution >= 4 is 23.0 Å². The quantitative estimate of drug-likeness (QED) is 0.267. The van der Waals surface area contributed by atoms with E-state index in [1.807, 2.05) is 0 Å². The highest BCUT2D eigenvalue weighted by molar-refractivity contribution is 6.02. The number of hydrogen-bond acceptors (Lipinski definition) is 7. The molecule has 1 heterocycles. The molecule has 3 rings (SSSR count). The monoisotopic (exact) mass is 467 g/mol. The van der Waals surface area contributed by atoms with Crippen molar-refractivity contribution < 1.29 is 24.1 Å². The third-order valence-electron chi connectivity index (χ3n) is 5.46. The van der Waals surface area contributed by atoms with Gasteiger partial charge in [0.2, 0.25) is 0 Å². The highest BCUT2D eigenvalue weighted by Crippen LogP contribution is 2.33. The fourth-order valence-corrected chi connectivity index (χ4v) is 3.71. The largest absolute Gasteiger partial charge is 0.506 e. The number of carbonyl (C=O) groups excluding carboxylic acids is 1. The predicted molar refractivity (Wildman–Crippen MR) is 131 cm³/mol. The van der Waals surface area contributed by atoms with Gasteiger partial charge >= 0.3 is 0 Å². The van der Waals surface area contributed by atoms with Crippen molar-refractivity contribution in [3.63, 3.8) is 0 Å². The Morgan fingerprint density at radius 1 is 1.06 bits per heavy atom. The molecule has 2 N–H and O–H groups in total. The van der Waals surface area contributed by atoms with Gasteiger partial charge in [0.1, 0.15) is 17.1 Å². The molecule has 0 aliphatic rings. The molecule has 0 atom stereocenters. The molecule has 0 spiro atoms. The lowest BCUT2D eigenvalue weighted by molar-refractivity contribution is 0.0950. The molecule has 3 aromatic rings. The number of aromatic hydroxyl groups is 1. The third-order valence-corrected chi connectivity index (χ3v) is 5.46. The van der Waals surface area contributed by atoms with Crippen molar-refractivity contribution in [2.75, 3.05) is 21.3 Å². The van der Waals surface area contributed by atoms with Gasteiger partial charge in [-0.05, 0) is 24.6 Å². The Morgan fingerprint density at radius 2 is 1.74 bits per heavy atom. The molecule has 2 aromatic carbocycles. The summed E-state index contributed by atoms with van der Waals surface area (Å²) in [5, 5.41) is 15.1. The van der Waals surface area contributed by atoms with Crippen LogP contribution in [0.15, 0.2) is 46.3 Å². The van der Waals surface area contributed by atoms with Crippen LogP contribution in [0.5, 0.6) is 23.0 Å². The van der Waals surface area contributed by atoms with Gasteiger partial charge in [-0.25, -0.2) is 5.43 Å². The number of carbonyl (C=O) groups is 1. The number of unbranched alkanes of at least 4 members (excludes halogenated alkanes) is 2. The SMILES string of the molecule is CCCCCn1c(=O)c(C(=O)N/N=C/c2cc(OC)c(OC)cc2OC)c(O)c2ccccc21. The summed E-state index contributed by atoms with van der Waals surface area (Å²) < 4.78 is 17.4. The minimum atomic E-state index is -0.812. The molecular weight excluding hydrogens is 438 g/mol. The van der Waals surface area contributed by atoms with Crippen molar-refractivity contribution in [3.05, 3.63) is 57.9 Å². The lowest BCUT2D eigenvalue weighted by Crippen LogP contribution is -2.31. The molecule has 0 unspecified atom stereocenters. The van der Waals surface area contributed by atoms with Gasteiger partial charge in [-0.2, -0.15) is 5.10 Å². The maximum atomic E-state index is 13.2. The Morgan fingerprint density at radius 3 is 2.41 bits per heavy atom. The average molecular weight is 468 g/mol. The van der Waals surface area contributed by atoms with Gasteiger partial charge in [0.25, 0.3) is 11.5 Å². The lowest BCUT2D eigenvalue weighted by atomic mass is 10.1. The molecule has 0 radical (unpaired) electrons. The number of methoxy groups -OCH3 is 3. The van der Waals surface area contributed by atoms with Gasteiger partial charge < -0.3 is 23.9 Å². The first-order valence-electron chi connectivity index (χ1n) is 10.9. The smallest absolute Gasteiger partial charge is 0.280 e. The standard InChI is InChI=1S/C25H29N3O6/c1-5-6-9-12-28-18-11-8-7-10-17(18)23(29)22(25(28)31)24(30)27-26-15-16-13-20(33-3)21(34-4)14-19(16)32-2/h7-8,10-11,13-15,29H,5-6,9,12H2,1-4H3,(H,27,30)/b26-15+. The van der Waals surface area contributed by atoms with E-state index >= 15 is 0 Å². The number of nitrogens with one attached hydrogen (secondary N) is 1. The van der Waals surface area contributed by atoms with E-state index in [-0.39, 0.29) is 11.3 Å². The zero-order chi connectivity index (χ0) is 24.7. The van der Waals surface area contributed by atoms with Crippen LogP contribution >= 0.6 is 0 Å². The van der Waals surface area contributed by atoms with Crippen LogP contribution in [-0.4, -0.2) is 43.1 Å². The summed E-state index contributed by atoms with van der Waals surface area (Å²) in [4.78, 5) is 26.1. The first kappa shape index (κ1) is 24.6. The zero-order valence-corrected chi connectivity index (χ0v) is 19.8. The third kappa shape index (κ3) is 4.98. The molecule has 1 amide bonds. The highest BCUT2D eigenvalue weighted by atomic mass is 16.5. The topological polar surface area (TPSA) is 111 Å². The van der Waals surface area contributed by atoms with E-state index in [1.165, 1.54) is 32.1 Å². The maximum absolute atomic E-state index is 13.2. The Kier molecular flexibility index (Phi) is 8.13. The number of ether oxygens (including phenoxy) is 3. The second kappa shape index (κ2) is 11.2. The van der Waals surface area contributed by atoms with E-state index in [1.54, 1.807) is 36.4 Å². The van der Waals surface area contributed by atoms with Crippen molar-refractivity contribution in [3.8, 4) is 23.0 Å². The molecule has 9 nitrogen and oxygen atoms in total. The lowest BCUT2D eigenvalue weighted by Gasteiger charge is -2.14. The minimum Gasteiger partial charge on any atom is -0.506 e. The molecule has 0 aliphatic carbocycles. The van der Waals surface area contributed by atoms with E-state index < -0.39 is 11.5 Å². The van der Waals surface area contributed by atoms with Crippen molar-refractivity contribution in [2.45, 2.75) is 32.7 Å². The number of amides is 1. The number of benzene rings is 2. The van der Waals surface area contributed by atoms with E-state index in [0.29, 0.717) is 40.3 Å². The molecule has 180 valence electrons. The molecule has 0 saturated heterocycles. The Balaban J connectivity index is 1.95. The molecule has 9 heteroatoms. The molecule has 0 bridgehead atoms. The normalized spacial score (nSPS) is 11.1. The molecule has 0 saturated carbocycles. The average Bonchev–Trinajstić information content (AvgIpc) is 2.85.